The fourth-order valence-corrected chi connectivity index (χ4v) is 3.36. The molecule has 0 aromatic heterocycles. The topological polar surface area (TPSA) is 46.0 Å². The van der Waals surface area contributed by atoms with Crippen molar-refractivity contribution in [2.75, 3.05) is 6.61 Å². The van der Waals surface area contributed by atoms with Crippen LogP contribution in [0.2, 0.25) is 5.02 Å². The van der Waals surface area contributed by atoms with Gasteiger partial charge in [-0.25, -0.2) is 4.99 Å². The van der Waals surface area contributed by atoms with Gasteiger partial charge in [0.15, 0.2) is 5.84 Å². The first-order valence-corrected chi connectivity index (χ1v) is 10.1. The van der Waals surface area contributed by atoms with E-state index in [9.17, 15) is 0 Å². The number of fused-ring (bicyclic) bond motifs is 1. The summed E-state index contributed by atoms with van der Waals surface area (Å²) in [5.41, 5.74) is 9.06. The van der Waals surface area contributed by atoms with Crippen molar-refractivity contribution in [1.82, 2.24) is 5.43 Å². The molecule has 4 nitrogen and oxygen atoms in total. The second-order valence-electron chi connectivity index (χ2n) is 6.70. The van der Waals surface area contributed by atoms with Crippen LogP contribution in [-0.2, 0) is 6.42 Å². The summed E-state index contributed by atoms with van der Waals surface area (Å²) < 4.78 is 5.57. The number of benzene rings is 3. The number of nitrogens with one attached hydrogen (secondary N) is 1. The van der Waals surface area contributed by atoms with Gasteiger partial charge in [0, 0.05) is 21.7 Å². The van der Waals surface area contributed by atoms with Crippen molar-refractivity contribution in [1.29, 1.82) is 0 Å². The number of hydrogen-bond donors (Lipinski definition) is 1. The van der Waals surface area contributed by atoms with Crippen LogP contribution < -0.4 is 10.2 Å². The fourth-order valence-electron chi connectivity index (χ4n) is 3.24. The van der Waals surface area contributed by atoms with Crippen LogP contribution >= 0.6 is 11.6 Å². The van der Waals surface area contributed by atoms with E-state index in [0.717, 1.165) is 40.3 Å². The third-order valence-corrected chi connectivity index (χ3v) is 5.04. The van der Waals surface area contributed by atoms with Gasteiger partial charge >= 0.3 is 0 Å². The quantitative estimate of drug-likeness (QED) is 0.590. The monoisotopic (exact) mass is 403 g/mol. The Morgan fingerprint density at radius 1 is 0.897 bits per heavy atom. The number of amidine groups is 1. The van der Waals surface area contributed by atoms with Gasteiger partial charge in [-0.1, -0.05) is 24.6 Å². The SMILES string of the molecule is CCOc1ccc(C2=NNC(c3ccc(Cl)cc3)=Nc3ccc(CC)cc32)cc1. The molecule has 0 amide bonds. The standard InChI is InChI=1S/C24H22ClN3O/c1-3-16-5-14-22-21(15-16)23(17-8-12-20(13-9-17)29-4-2)27-28-24(26-22)18-6-10-19(25)11-7-18/h5-15H,3-4H2,1-2H3,(H,26,28). The second kappa shape index (κ2) is 8.50. The van der Waals surface area contributed by atoms with Gasteiger partial charge in [0.2, 0.25) is 0 Å². The maximum atomic E-state index is 6.04. The number of aliphatic imine (C=N–C) groups is 1. The van der Waals surface area contributed by atoms with E-state index in [0.29, 0.717) is 17.5 Å². The predicted octanol–water partition coefficient (Wildman–Crippen LogP) is 5.74. The molecular formula is C24H22ClN3O. The van der Waals surface area contributed by atoms with Crippen LogP contribution in [0.3, 0.4) is 0 Å². The van der Waals surface area contributed by atoms with Crippen molar-refractivity contribution in [2.45, 2.75) is 20.3 Å². The van der Waals surface area contributed by atoms with Gasteiger partial charge < -0.3 is 4.74 Å². The molecule has 0 aliphatic carbocycles. The lowest BCUT2D eigenvalue weighted by molar-refractivity contribution is 0.340. The lowest BCUT2D eigenvalue weighted by Gasteiger charge is -2.10. The normalized spacial score (nSPS) is 12.9. The summed E-state index contributed by atoms with van der Waals surface area (Å²) in [6, 6.07) is 21.9. The van der Waals surface area contributed by atoms with Gasteiger partial charge in [-0.15, -0.1) is 0 Å². The molecule has 0 saturated heterocycles. The molecule has 1 N–H and O–H groups in total. The number of hydrogen-bond acceptors (Lipinski definition) is 4. The van der Waals surface area contributed by atoms with E-state index in [1.807, 2.05) is 55.5 Å². The van der Waals surface area contributed by atoms with Gasteiger partial charge in [0.05, 0.1) is 18.0 Å². The minimum Gasteiger partial charge on any atom is -0.494 e. The van der Waals surface area contributed by atoms with Crippen LogP contribution in [-0.4, -0.2) is 18.2 Å². The van der Waals surface area contributed by atoms with Crippen LogP contribution in [0.1, 0.15) is 36.1 Å². The van der Waals surface area contributed by atoms with Crippen molar-refractivity contribution in [3.05, 3.63) is 94.0 Å². The Hall–Kier alpha value is -3.11. The molecule has 1 aliphatic heterocycles. The van der Waals surface area contributed by atoms with Gasteiger partial charge in [-0.3, -0.25) is 5.43 Å². The summed E-state index contributed by atoms with van der Waals surface area (Å²) in [5.74, 6) is 1.53. The molecule has 0 spiro atoms. The van der Waals surface area contributed by atoms with Crippen molar-refractivity contribution in [3.63, 3.8) is 0 Å². The maximum Gasteiger partial charge on any atom is 0.154 e. The Morgan fingerprint density at radius 2 is 1.62 bits per heavy atom. The minimum absolute atomic E-state index is 0.642. The Balaban J connectivity index is 1.80. The number of aryl methyl sites for hydroxylation is 1. The van der Waals surface area contributed by atoms with E-state index < -0.39 is 0 Å². The first-order chi connectivity index (χ1) is 14.2. The van der Waals surface area contributed by atoms with Crippen LogP contribution in [0.25, 0.3) is 0 Å². The summed E-state index contributed by atoms with van der Waals surface area (Å²) >= 11 is 6.04. The van der Waals surface area contributed by atoms with E-state index in [4.69, 9.17) is 26.4 Å². The van der Waals surface area contributed by atoms with Crippen molar-refractivity contribution in [2.24, 2.45) is 10.1 Å². The van der Waals surface area contributed by atoms with E-state index in [2.05, 4.69) is 30.5 Å². The van der Waals surface area contributed by atoms with Crippen LogP contribution in [0.4, 0.5) is 5.69 Å². The summed E-state index contributed by atoms with van der Waals surface area (Å²) in [4.78, 5) is 4.86. The molecule has 29 heavy (non-hydrogen) atoms. The molecule has 0 atom stereocenters. The molecule has 146 valence electrons. The fraction of sp³-hybridized carbons (Fsp3) is 0.167. The first-order valence-electron chi connectivity index (χ1n) is 9.72. The molecule has 0 fully saturated rings. The maximum absolute atomic E-state index is 6.04. The van der Waals surface area contributed by atoms with Gasteiger partial charge in [-0.05, 0) is 79.6 Å². The molecule has 1 heterocycles. The third-order valence-electron chi connectivity index (χ3n) is 4.79. The first kappa shape index (κ1) is 19.2. The lowest BCUT2D eigenvalue weighted by Crippen LogP contribution is -2.19. The second-order valence-corrected chi connectivity index (χ2v) is 7.14. The van der Waals surface area contributed by atoms with E-state index >= 15 is 0 Å². The highest BCUT2D eigenvalue weighted by Crippen LogP contribution is 2.28. The van der Waals surface area contributed by atoms with Crippen molar-refractivity contribution < 1.29 is 4.74 Å². The number of ether oxygens (including phenoxy) is 1. The third kappa shape index (κ3) is 4.17. The molecular weight excluding hydrogens is 382 g/mol. The summed E-state index contributed by atoms with van der Waals surface area (Å²) in [5, 5.41) is 5.42. The Kier molecular flexibility index (Phi) is 5.63. The average Bonchev–Trinajstić information content (AvgIpc) is 2.94. The van der Waals surface area contributed by atoms with Gasteiger partial charge in [0.25, 0.3) is 0 Å². The predicted molar refractivity (Wildman–Crippen MR) is 120 cm³/mol. The van der Waals surface area contributed by atoms with E-state index in [1.165, 1.54) is 5.56 Å². The zero-order valence-electron chi connectivity index (χ0n) is 16.4. The van der Waals surface area contributed by atoms with Crippen LogP contribution in [0.5, 0.6) is 5.75 Å². The van der Waals surface area contributed by atoms with Gasteiger partial charge in [0.1, 0.15) is 5.75 Å². The molecule has 0 radical (unpaired) electrons. The van der Waals surface area contributed by atoms with Crippen LogP contribution in [0.15, 0.2) is 76.8 Å². The van der Waals surface area contributed by atoms with Gasteiger partial charge in [-0.2, -0.15) is 5.10 Å². The largest absolute Gasteiger partial charge is 0.494 e. The van der Waals surface area contributed by atoms with Crippen molar-refractivity contribution >= 4 is 28.8 Å². The van der Waals surface area contributed by atoms with Crippen LogP contribution in [0, 0.1) is 0 Å². The number of rotatable bonds is 5. The highest BCUT2D eigenvalue weighted by Gasteiger charge is 2.18. The Bertz CT molecular complexity index is 1070. The lowest BCUT2D eigenvalue weighted by atomic mass is 9.98. The summed E-state index contributed by atoms with van der Waals surface area (Å²) in [6.07, 6.45) is 0.949. The smallest absolute Gasteiger partial charge is 0.154 e. The average molecular weight is 404 g/mol. The minimum atomic E-state index is 0.642. The van der Waals surface area contributed by atoms with E-state index in [1.54, 1.807) is 0 Å². The zero-order chi connectivity index (χ0) is 20.2. The number of halogens is 1. The highest BCUT2D eigenvalue weighted by molar-refractivity contribution is 6.30. The molecule has 0 unspecified atom stereocenters. The molecule has 1 aliphatic rings. The Morgan fingerprint density at radius 3 is 2.31 bits per heavy atom. The number of hydrazone groups is 1. The van der Waals surface area contributed by atoms with E-state index in [-0.39, 0.29) is 0 Å². The number of nitrogens with zero attached hydrogens (tertiary/aromatic N) is 2. The molecule has 0 bridgehead atoms. The summed E-state index contributed by atoms with van der Waals surface area (Å²) in [7, 11) is 0. The Labute approximate surface area is 175 Å². The highest BCUT2D eigenvalue weighted by atomic mass is 35.5. The molecule has 5 heteroatoms. The molecule has 3 aromatic rings. The summed E-state index contributed by atoms with van der Waals surface area (Å²) in [6.45, 7) is 4.76. The van der Waals surface area contributed by atoms with Crippen molar-refractivity contribution in [3.8, 4) is 5.75 Å². The molecule has 3 aromatic carbocycles. The molecule has 4 rings (SSSR count). The molecule has 0 saturated carbocycles. The zero-order valence-corrected chi connectivity index (χ0v) is 17.2.